The minimum Gasteiger partial charge on any atom is -0.493 e. The second kappa shape index (κ2) is 6.58. The molecule has 1 N–H and O–H groups in total. The lowest BCUT2D eigenvalue weighted by Crippen LogP contribution is -2.09. The zero-order valence-corrected chi connectivity index (χ0v) is 13.1. The van der Waals surface area contributed by atoms with Gasteiger partial charge in [-0.05, 0) is 11.4 Å². The topological polar surface area (TPSA) is 39.7 Å². The summed E-state index contributed by atoms with van der Waals surface area (Å²) in [6, 6.07) is 7.57. The normalized spacial score (nSPS) is 9.95. The van der Waals surface area contributed by atoms with Gasteiger partial charge in [0.05, 0.1) is 26.2 Å². The summed E-state index contributed by atoms with van der Waals surface area (Å²) in [6.07, 6.45) is 0. The number of thiophene rings is 1. The number of benzene rings is 1. The SMILES string of the molecule is COc1cc(NC(=S)c2cccs2)cc(OC)c1OC. The summed E-state index contributed by atoms with van der Waals surface area (Å²) >= 11 is 6.95. The van der Waals surface area contributed by atoms with Gasteiger partial charge in [-0.2, -0.15) is 0 Å². The average Bonchev–Trinajstić information content (AvgIpc) is 3.00. The van der Waals surface area contributed by atoms with Crippen LogP contribution in [0, 0.1) is 0 Å². The minimum absolute atomic E-state index is 0.558. The molecule has 0 amide bonds. The number of ether oxygens (including phenoxy) is 3. The predicted molar refractivity (Wildman–Crippen MR) is 85.7 cm³/mol. The van der Waals surface area contributed by atoms with Crippen LogP contribution in [-0.4, -0.2) is 26.3 Å². The summed E-state index contributed by atoms with van der Waals surface area (Å²) in [4.78, 5) is 1.67. The van der Waals surface area contributed by atoms with Gasteiger partial charge in [-0.25, -0.2) is 0 Å². The molecule has 0 fully saturated rings. The Labute approximate surface area is 127 Å². The van der Waals surface area contributed by atoms with E-state index in [1.54, 1.807) is 32.7 Å². The zero-order valence-electron chi connectivity index (χ0n) is 11.4. The fraction of sp³-hybridized carbons (Fsp3) is 0.214. The van der Waals surface area contributed by atoms with E-state index in [9.17, 15) is 0 Å². The van der Waals surface area contributed by atoms with E-state index in [1.165, 1.54) is 0 Å². The van der Waals surface area contributed by atoms with Gasteiger partial charge in [0.1, 0.15) is 4.99 Å². The third-order valence-electron chi connectivity index (χ3n) is 2.67. The molecule has 6 heteroatoms. The Morgan fingerprint density at radius 2 is 1.75 bits per heavy atom. The third-order valence-corrected chi connectivity index (χ3v) is 4.01. The first kappa shape index (κ1) is 14.6. The van der Waals surface area contributed by atoms with Gasteiger partial charge in [0.15, 0.2) is 11.5 Å². The van der Waals surface area contributed by atoms with Crippen molar-refractivity contribution in [3.63, 3.8) is 0 Å². The molecule has 0 unspecified atom stereocenters. The molecule has 1 aromatic carbocycles. The average molecular weight is 309 g/mol. The van der Waals surface area contributed by atoms with Crippen molar-refractivity contribution in [2.24, 2.45) is 0 Å². The highest BCUT2D eigenvalue weighted by molar-refractivity contribution is 7.81. The first-order chi connectivity index (χ1) is 9.69. The third kappa shape index (κ3) is 3.02. The maximum atomic E-state index is 5.36. The van der Waals surface area contributed by atoms with Crippen LogP contribution in [0.1, 0.15) is 4.88 Å². The Balaban J connectivity index is 2.30. The van der Waals surface area contributed by atoms with E-state index in [1.807, 2.05) is 29.6 Å². The first-order valence-corrected chi connectivity index (χ1v) is 7.13. The molecule has 0 bridgehead atoms. The summed E-state index contributed by atoms with van der Waals surface area (Å²) in [6.45, 7) is 0. The molecule has 0 saturated carbocycles. The molecule has 1 heterocycles. The van der Waals surface area contributed by atoms with Crippen molar-refractivity contribution in [3.05, 3.63) is 34.5 Å². The van der Waals surface area contributed by atoms with Crippen LogP contribution in [0.4, 0.5) is 5.69 Å². The number of rotatable bonds is 5. The Morgan fingerprint density at radius 1 is 1.10 bits per heavy atom. The first-order valence-electron chi connectivity index (χ1n) is 5.84. The van der Waals surface area contributed by atoms with Crippen molar-refractivity contribution >= 4 is 34.2 Å². The molecule has 106 valence electrons. The van der Waals surface area contributed by atoms with Crippen molar-refractivity contribution in [1.82, 2.24) is 0 Å². The van der Waals surface area contributed by atoms with Crippen LogP contribution in [0.3, 0.4) is 0 Å². The van der Waals surface area contributed by atoms with E-state index in [0.717, 1.165) is 10.6 Å². The second-order valence-electron chi connectivity index (χ2n) is 3.85. The predicted octanol–water partition coefficient (Wildman–Crippen LogP) is 3.56. The Bertz CT molecular complexity index is 571. The Morgan fingerprint density at radius 3 is 2.20 bits per heavy atom. The number of nitrogens with one attached hydrogen (secondary N) is 1. The highest BCUT2D eigenvalue weighted by Gasteiger charge is 2.14. The molecule has 0 spiro atoms. The van der Waals surface area contributed by atoms with Gasteiger partial charge < -0.3 is 19.5 Å². The summed E-state index contributed by atoms with van der Waals surface area (Å²) in [5, 5.41) is 5.16. The molecule has 20 heavy (non-hydrogen) atoms. The van der Waals surface area contributed by atoms with Crippen LogP contribution < -0.4 is 19.5 Å². The maximum Gasteiger partial charge on any atom is 0.203 e. The maximum absolute atomic E-state index is 5.36. The second-order valence-corrected chi connectivity index (χ2v) is 5.20. The van der Waals surface area contributed by atoms with Crippen LogP contribution in [0.15, 0.2) is 29.6 Å². The molecule has 2 aromatic rings. The summed E-state index contributed by atoms with van der Waals surface area (Å²) in [5.74, 6) is 1.73. The highest BCUT2D eigenvalue weighted by Crippen LogP contribution is 2.40. The van der Waals surface area contributed by atoms with Crippen molar-refractivity contribution in [3.8, 4) is 17.2 Å². The molecule has 0 aliphatic heterocycles. The lowest BCUT2D eigenvalue weighted by atomic mass is 10.2. The van der Waals surface area contributed by atoms with E-state index in [0.29, 0.717) is 22.2 Å². The molecular weight excluding hydrogens is 294 g/mol. The largest absolute Gasteiger partial charge is 0.493 e. The quantitative estimate of drug-likeness (QED) is 0.855. The van der Waals surface area contributed by atoms with E-state index in [-0.39, 0.29) is 0 Å². The van der Waals surface area contributed by atoms with E-state index >= 15 is 0 Å². The number of methoxy groups -OCH3 is 3. The summed E-state index contributed by atoms with van der Waals surface area (Å²) in [7, 11) is 4.74. The highest BCUT2D eigenvalue weighted by atomic mass is 32.1. The van der Waals surface area contributed by atoms with Crippen LogP contribution >= 0.6 is 23.6 Å². The smallest absolute Gasteiger partial charge is 0.203 e. The molecule has 4 nitrogen and oxygen atoms in total. The number of anilines is 1. The molecular formula is C14H15NO3S2. The Kier molecular flexibility index (Phi) is 4.81. The molecule has 0 saturated heterocycles. The lowest BCUT2D eigenvalue weighted by Gasteiger charge is -2.15. The number of thiocarbonyl (C=S) groups is 1. The zero-order chi connectivity index (χ0) is 14.5. The van der Waals surface area contributed by atoms with Gasteiger partial charge in [0, 0.05) is 17.8 Å². The van der Waals surface area contributed by atoms with E-state index in [2.05, 4.69) is 5.32 Å². The van der Waals surface area contributed by atoms with Gasteiger partial charge in [-0.15, -0.1) is 11.3 Å². The molecule has 0 aliphatic rings. The standard InChI is InChI=1S/C14H15NO3S2/c1-16-10-7-9(8-11(17-2)13(10)18-3)15-14(19)12-5-4-6-20-12/h4-8H,1-3H3,(H,15,19). The minimum atomic E-state index is 0.558. The van der Waals surface area contributed by atoms with E-state index < -0.39 is 0 Å². The molecule has 2 rings (SSSR count). The number of hydrogen-bond acceptors (Lipinski definition) is 5. The molecule has 0 atom stereocenters. The monoisotopic (exact) mass is 309 g/mol. The van der Waals surface area contributed by atoms with Gasteiger partial charge in [0.25, 0.3) is 0 Å². The van der Waals surface area contributed by atoms with Crippen LogP contribution in [0.25, 0.3) is 0 Å². The van der Waals surface area contributed by atoms with Crippen molar-refractivity contribution in [1.29, 1.82) is 0 Å². The van der Waals surface area contributed by atoms with Gasteiger partial charge in [0.2, 0.25) is 5.75 Å². The van der Waals surface area contributed by atoms with Crippen molar-refractivity contribution in [2.45, 2.75) is 0 Å². The van der Waals surface area contributed by atoms with Gasteiger partial charge >= 0.3 is 0 Å². The van der Waals surface area contributed by atoms with Crippen molar-refractivity contribution in [2.75, 3.05) is 26.6 Å². The van der Waals surface area contributed by atoms with Gasteiger partial charge in [-0.1, -0.05) is 18.3 Å². The fourth-order valence-electron chi connectivity index (χ4n) is 1.75. The lowest BCUT2D eigenvalue weighted by molar-refractivity contribution is 0.324. The molecule has 1 aromatic heterocycles. The van der Waals surface area contributed by atoms with Crippen LogP contribution in [0.2, 0.25) is 0 Å². The summed E-state index contributed by atoms with van der Waals surface area (Å²) < 4.78 is 15.9. The van der Waals surface area contributed by atoms with E-state index in [4.69, 9.17) is 26.4 Å². The Hall–Kier alpha value is -1.79. The number of hydrogen-bond donors (Lipinski definition) is 1. The van der Waals surface area contributed by atoms with Crippen LogP contribution in [-0.2, 0) is 0 Å². The molecule has 0 radical (unpaired) electrons. The van der Waals surface area contributed by atoms with Gasteiger partial charge in [-0.3, -0.25) is 0 Å². The van der Waals surface area contributed by atoms with Crippen molar-refractivity contribution < 1.29 is 14.2 Å². The fourth-order valence-corrected chi connectivity index (χ4v) is 2.70. The molecule has 0 aliphatic carbocycles. The summed E-state index contributed by atoms with van der Waals surface area (Å²) in [5.41, 5.74) is 0.790. The van der Waals surface area contributed by atoms with Crippen LogP contribution in [0.5, 0.6) is 17.2 Å².